The van der Waals surface area contributed by atoms with E-state index in [0.717, 1.165) is 32.6 Å². The lowest BCUT2D eigenvalue weighted by molar-refractivity contribution is 1.24. The first-order chi connectivity index (χ1) is 10.6. The summed E-state index contributed by atoms with van der Waals surface area (Å²) in [5, 5.41) is 3.92. The average Bonchev–Trinajstić information content (AvgIpc) is 2.52. The van der Waals surface area contributed by atoms with Gasteiger partial charge in [0.25, 0.3) is 0 Å². The van der Waals surface area contributed by atoms with E-state index in [9.17, 15) is 0 Å². The highest BCUT2D eigenvalue weighted by Gasteiger charge is 2.15. The van der Waals surface area contributed by atoms with Gasteiger partial charge < -0.3 is 5.32 Å². The van der Waals surface area contributed by atoms with Gasteiger partial charge in [0, 0.05) is 33.4 Å². The molecule has 0 aliphatic rings. The van der Waals surface area contributed by atoms with Gasteiger partial charge in [-0.05, 0) is 30.7 Å². The Balaban J connectivity index is 2.68. The molecule has 0 aromatic heterocycles. The Morgan fingerprint density at radius 2 is 2.05 bits per heavy atom. The zero-order valence-electron chi connectivity index (χ0n) is 12.7. The molecule has 114 valence electrons. The van der Waals surface area contributed by atoms with Crippen LogP contribution in [0.25, 0.3) is 0 Å². The van der Waals surface area contributed by atoms with Crippen molar-refractivity contribution >= 4 is 38.9 Å². The minimum absolute atomic E-state index is 0.537. The monoisotopic (exact) mass is 376 g/mol. The summed E-state index contributed by atoms with van der Waals surface area (Å²) in [6, 6.07) is 11.9. The highest BCUT2D eigenvalue weighted by atomic mass is 79.9. The second-order valence-corrected chi connectivity index (χ2v) is 6.12. The molecular formula is C18H18BrClN2. The molecule has 0 aliphatic heterocycles. The van der Waals surface area contributed by atoms with E-state index in [1.165, 1.54) is 0 Å². The van der Waals surface area contributed by atoms with Crippen molar-refractivity contribution in [3.8, 4) is 0 Å². The van der Waals surface area contributed by atoms with E-state index >= 15 is 0 Å². The summed E-state index contributed by atoms with van der Waals surface area (Å²) in [5.41, 5.74) is 4.96. The van der Waals surface area contributed by atoms with Crippen molar-refractivity contribution in [2.24, 2.45) is 4.99 Å². The molecule has 0 unspecified atom stereocenters. The predicted molar refractivity (Wildman–Crippen MR) is 101 cm³/mol. The lowest BCUT2D eigenvalue weighted by atomic mass is 9.99. The fourth-order valence-electron chi connectivity index (χ4n) is 2.21. The van der Waals surface area contributed by atoms with Gasteiger partial charge in [-0.15, -0.1) is 6.58 Å². The maximum Gasteiger partial charge on any atom is 0.0758 e. The molecule has 0 heterocycles. The minimum Gasteiger partial charge on any atom is -0.388 e. The molecule has 0 saturated carbocycles. The van der Waals surface area contributed by atoms with Crippen LogP contribution in [-0.2, 0) is 0 Å². The van der Waals surface area contributed by atoms with Crippen molar-refractivity contribution < 1.29 is 0 Å². The molecule has 0 fully saturated rings. The van der Waals surface area contributed by atoms with Crippen molar-refractivity contribution in [3.05, 3.63) is 75.2 Å². The maximum atomic E-state index is 6.38. The molecule has 0 spiro atoms. The number of benzene rings is 2. The number of rotatable bonds is 5. The van der Waals surface area contributed by atoms with Crippen LogP contribution in [0.15, 0.2) is 58.5 Å². The topological polar surface area (TPSA) is 24.4 Å². The predicted octanol–water partition coefficient (Wildman–Crippen LogP) is 5.48. The van der Waals surface area contributed by atoms with Crippen LogP contribution < -0.4 is 5.32 Å². The minimum atomic E-state index is 0.537. The molecule has 0 bridgehead atoms. The normalized spacial score (nSPS) is 11.4. The molecule has 0 atom stereocenters. The van der Waals surface area contributed by atoms with Crippen LogP contribution in [0.3, 0.4) is 0 Å². The summed E-state index contributed by atoms with van der Waals surface area (Å²) in [5.74, 6) is 0. The highest BCUT2D eigenvalue weighted by molar-refractivity contribution is 9.10. The molecule has 0 amide bonds. The zero-order chi connectivity index (χ0) is 16.1. The van der Waals surface area contributed by atoms with E-state index in [4.69, 9.17) is 11.6 Å². The van der Waals surface area contributed by atoms with E-state index < -0.39 is 0 Å². The molecule has 2 nitrogen and oxygen atoms in total. The molecule has 22 heavy (non-hydrogen) atoms. The highest BCUT2D eigenvalue weighted by Crippen LogP contribution is 2.29. The van der Waals surface area contributed by atoms with E-state index in [-0.39, 0.29) is 0 Å². The number of hydrogen-bond donors (Lipinski definition) is 1. The van der Waals surface area contributed by atoms with Crippen molar-refractivity contribution in [1.29, 1.82) is 0 Å². The van der Waals surface area contributed by atoms with Crippen LogP contribution in [0, 0.1) is 6.92 Å². The second kappa shape index (κ2) is 7.61. The number of halogens is 2. The van der Waals surface area contributed by atoms with Gasteiger partial charge in [0.1, 0.15) is 0 Å². The van der Waals surface area contributed by atoms with Crippen LogP contribution in [-0.4, -0.2) is 19.3 Å². The van der Waals surface area contributed by atoms with Gasteiger partial charge in [0.05, 0.1) is 12.3 Å². The van der Waals surface area contributed by atoms with Crippen molar-refractivity contribution in [3.63, 3.8) is 0 Å². The number of nitrogens with one attached hydrogen (secondary N) is 1. The maximum absolute atomic E-state index is 6.38. The Hall–Kier alpha value is -1.58. The Bertz CT molecular complexity index is 723. The van der Waals surface area contributed by atoms with Gasteiger partial charge in [-0.2, -0.15) is 0 Å². The fraction of sp³-hybridized carbons (Fsp3) is 0.167. The second-order valence-electron chi connectivity index (χ2n) is 4.85. The summed E-state index contributed by atoms with van der Waals surface area (Å²) >= 11 is 9.98. The van der Waals surface area contributed by atoms with E-state index in [0.29, 0.717) is 11.6 Å². The largest absolute Gasteiger partial charge is 0.388 e. The molecule has 0 aliphatic carbocycles. The first-order valence-corrected chi connectivity index (χ1v) is 8.14. The van der Waals surface area contributed by atoms with E-state index in [1.54, 1.807) is 6.08 Å². The Morgan fingerprint density at radius 3 is 2.68 bits per heavy atom. The number of anilines is 1. The smallest absolute Gasteiger partial charge is 0.0758 e. The molecule has 1 N–H and O–H groups in total. The van der Waals surface area contributed by atoms with E-state index in [1.807, 2.05) is 31.3 Å². The first kappa shape index (κ1) is 16.8. The van der Waals surface area contributed by atoms with Crippen LogP contribution in [0.4, 0.5) is 5.69 Å². The van der Waals surface area contributed by atoms with Gasteiger partial charge in [-0.25, -0.2) is 0 Å². The molecule has 2 aromatic rings. The Morgan fingerprint density at radius 1 is 1.32 bits per heavy atom. The van der Waals surface area contributed by atoms with Crippen molar-refractivity contribution in [1.82, 2.24) is 0 Å². The summed E-state index contributed by atoms with van der Waals surface area (Å²) < 4.78 is 1.04. The molecular weight excluding hydrogens is 360 g/mol. The number of nitrogens with zero attached hydrogens (tertiary/aromatic N) is 1. The third-order valence-corrected chi connectivity index (χ3v) is 4.51. The molecule has 0 saturated heterocycles. The van der Waals surface area contributed by atoms with Gasteiger partial charge in [0.15, 0.2) is 0 Å². The molecule has 0 radical (unpaired) electrons. The Labute approximate surface area is 145 Å². The number of aryl methyl sites for hydroxylation is 1. The molecule has 2 aromatic carbocycles. The van der Waals surface area contributed by atoms with Gasteiger partial charge in [0.2, 0.25) is 0 Å². The third-order valence-electron chi connectivity index (χ3n) is 3.33. The number of hydrogen-bond acceptors (Lipinski definition) is 2. The first-order valence-electron chi connectivity index (χ1n) is 6.97. The SMILES string of the molecule is C=CCN=C(c1ccccc1Cl)c1cc(Br)c(C)cc1NC. The van der Waals surface area contributed by atoms with Crippen LogP contribution in [0.2, 0.25) is 5.02 Å². The van der Waals surface area contributed by atoms with Gasteiger partial charge in [-0.1, -0.05) is 51.8 Å². The summed E-state index contributed by atoms with van der Waals surface area (Å²) in [7, 11) is 1.91. The van der Waals surface area contributed by atoms with Crippen LogP contribution >= 0.6 is 27.5 Å². The molecule has 4 heteroatoms. The number of aliphatic imine (C=N–C) groups is 1. The average molecular weight is 378 g/mol. The Kier molecular flexibility index (Phi) is 5.81. The summed E-state index contributed by atoms with van der Waals surface area (Å²) in [4.78, 5) is 4.68. The van der Waals surface area contributed by atoms with Gasteiger partial charge >= 0.3 is 0 Å². The zero-order valence-corrected chi connectivity index (χ0v) is 15.0. The fourth-order valence-corrected chi connectivity index (χ4v) is 2.78. The van der Waals surface area contributed by atoms with Crippen LogP contribution in [0.5, 0.6) is 0 Å². The summed E-state index contributed by atoms with van der Waals surface area (Å²) in [6.07, 6.45) is 1.78. The van der Waals surface area contributed by atoms with Gasteiger partial charge in [-0.3, -0.25) is 4.99 Å². The van der Waals surface area contributed by atoms with Crippen molar-refractivity contribution in [2.75, 3.05) is 18.9 Å². The quantitative estimate of drug-likeness (QED) is 0.542. The lowest BCUT2D eigenvalue weighted by Gasteiger charge is -2.15. The van der Waals surface area contributed by atoms with Crippen molar-refractivity contribution in [2.45, 2.75) is 6.92 Å². The third kappa shape index (κ3) is 3.60. The molecule has 2 rings (SSSR count). The summed E-state index contributed by atoms with van der Waals surface area (Å²) in [6.45, 7) is 6.35. The van der Waals surface area contributed by atoms with Crippen LogP contribution in [0.1, 0.15) is 16.7 Å². The van der Waals surface area contributed by atoms with E-state index in [2.05, 4.69) is 51.9 Å². The standard InChI is InChI=1S/C18H18BrClN2/c1-4-9-22-18(13-7-5-6-8-16(13)20)14-11-15(19)12(2)10-17(14)21-3/h4-8,10-11,21H,1,9H2,2-3H3. The lowest BCUT2D eigenvalue weighted by Crippen LogP contribution is -2.09.